The zero-order chi connectivity index (χ0) is 16.8. The van der Waals surface area contributed by atoms with E-state index in [1.54, 1.807) is 7.11 Å². The first-order valence-electron chi connectivity index (χ1n) is 8.13. The zero-order valence-corrected chi connectivity index (χ0v) is 13.7. The summed E-state index contributed by atoms with van der Waals surface area (Å²) >= 11 is 0. The third kappa shape index (κ3) is 1.94. The van der Waals surface area contributed by atoms with E-state index in [9.17, 15) is 9.59 Å². The van der Waals surface area contributed by atoms with E-state index in [0.717, 1.165) is 41.5 Å². The number of unbranched alkanes of at least 4 members (excludes halogenated alkanes) is 1. The van der Waals surface area contributed by atoms with Crippen LogP contribution in [0.1, 0.15) is 19.8 Å². The van der Waals surface area contributed by atoms with Crippen LogP contribution in [-0.4, -0.2) is 16.1 Å². The molecule has 1 aromatic heterocycles. The molecule has 5 heteroatoms. The average Bonchev–Trinajstić information content (AvgIpc) is 2.93. The smallest absolute Gasteiger partial charge is 0.303 e. The van der Waals surface area contributed by atoms with Gasteiger partial charge in [-0.2, -0.15) is 0 Å². The molecule has 0 saturated carbocycles. The van der Waals surface area contributed by atoms with Crippen molar-refractivity contribution in [2.75, 3.05) is 7.11 Å². The molecule has 0 aliphatic carbocycles. The van der Waals surface area contributed by atoms with Crippen molar-refractivity contribution in [3.63, 3.8) is 0 Å². The van der Waals surface area contributed by atoms with E-state index in [4.69, 9.17) is 4.74 Å². The number of benzene rings is 1. The summed E-state index contributed by atoms with van der Waals surface area (Å²) in [5.74, 6) is 0.664. The van der Waals surface area contributed by atoms with Gasteiger partial charge in [0, 0.05) is 35.6 Å². The lowest BCUT2D eigenvalue weighted by atomic mass is 10.1. The minimum atomic E-state index is -0.510. The van der Waals surface area contributed by atoms with Crippen LogP contribution in [0.25, 0.3) is 27.7 Å². The van der Waals surface area contributed by atoms with Crippen LogP contribution < -0.4 is 15.7 Å². The van der Waals surface area contributed by atoms with E-state index in [-0.39, 0.29) is 0 Å². The molecule has 0 amide bonds. The van der Waals surface area contributed by atoms with E-state index < -0.39 is 11.0 Å². The molecule has 0 bridgehead atoms. The molecule has 3 heterocycles. The summed E-state index contributed by atoms with van der Waals surface area (Å²) in [6.07, 6.45) is 4.09. The normalized spacial score (nSPS) is 11.8. The highest BCUT2D eigenvalue weighted by Crippen LogP contribution is 2.35. The summed E-state index contributed by atoms with van der Waals surface area (Å²) in [6, 6.07) is 9.12. The Bertz CT molecular complexity index is 1120. The molecule has 0 spiro atoms. The van der Waals surface area contributed by atoms with Crippen molar-refractivity contribution in [2.24, 2.45) is 0 Å². The summed E-state index contributed by atoms with van der Waals surface area (Å²) in [4.78, 5) is 24.8. The van der Waals surface area contributed by atoms with Crippen molar-refractivity contribution in [1.82, 2.24) is 8.97 Å². The van der Waals surface area contributed by atoms with Gasteiger partial charge in [-0.15, -0.1) is 0 Å². The van der Waals surface area contributed by atoms with Crippen LogP contribution in [-0.2, 0) is 6.54 Å². The molecule has 0 saturated heterocycles. The Morgan fingerprint density at radius 2 is 1.92 bits per heavy atom. The molecule has 5 nitrogen and oxygen atoms in total. The lowest BCUT2D eigenvalue weighted by molar-refractivity contribution is 0.415. The summed E-state index contributed by atoms with van der Waals surface area (Å²) < 4.78 is 8.88. The van der Waals surface area contributed by atoms with Crippen molar-refractivity contribution in [3.05, 3.63) is 57.1 Å². The van der Waals surface area contributed by atoms with Crippen LogP contribution in [0.5, 0.6) is 5.75 Å². The SMILES string of the molecule is CCCCn1ccc2c3n(c(=O)c(=O)cc1-3)c1cc(OC)ccc21. The highest BCUT2D eigenvalue weighted by molar-refractivity contribution is 6.06. The zero-order valence-electron chi connectivity index (χ0n) is 13.7. The largest absolute Gasteiger partial charge is 0.497 e. The minimum Gasteiger partial charge on any atom is -0.497 e. The topological polar surface area (TPSA) is 52.7 Å². The Morgan fingerprint density at radius 3 is 2.67 bits per heavy atom. The fourth-order valence-corrected chi connectivity index (χ4v) is 3.40. The molecule has 0 atom stereocenters. The summed E-state index contributed by atoms with van der Waals surface area (Å²) in [5.41, 5.74) is 1.33. The van der Waals surface area contributed by atoms with Gasteiger partial charge >= 0.3 is 5.56 Å². The number of hydrogen-bond donors (Lipinski definition) is 0. The molecule has 0 N–H and O–H groups in total. The third-order valence-corrected chi connectivity index (χ3v) is 4.62. The van der Waals surface area contributed by atoms with Crippen LogP contribution in [0.15, 0.2) is 46.1 Å². The summed E-state index contributed by atoms with van der Waals surface area (Å²) in [7, 11) is 1.59. The van der Waals surface area contributed by atoms with Crippen LogP contribution >= 0.6 is 0 Å². The van der Waals surface area contributed by atoms with Gasteiger partial charge in [0.05, 0.1) is 24.0 Å². The van der Waals surface area contributed by atoms with Gasteiger partial charge in [0.25, 0.3) is 0 Å². The summed E-state index contributed by atoms with van der Waals surface area (Å²) in [5, 5.41) is 1.93. The van der Waals surface area contributed by atoms with Crippen LogP contribution in [0.3, 0.4) is 0 Å². The number of rotatable bonds is 4. The Labute approximate surface area is 138 Å². The first-order chi connectivity index (χ1) is 11.7. The van der Waals surface area contributed by atoms with Crippen molar-refractivity contribution < 1.29 is 4.74 Å². The molecule has 24 heavy (non-hydrogen) atoms. The lowest BCUT2D eigenvalue weighted by Crippen LogP contribution is -2.31. The lowest BCUT2D eigenvalue weighted by Gasteiger charge is -2.15. The van der Waals surface area contributed by atoms with Crippen molar-refractivity contribution in [2.45, 2.75) is 26.3 Å². The molecule has 2 aliphatic heterocycles. The molecule has 1 aromatic carbocycles. The Kier molecular flexibility index (Phi) is 3.30. The first-order valence-corrected chi connectivity index (χ1v) is 8.13. The highest BCUT2D eigenvalue weighted by Gasteiger charge is 2.21. The number of nitrogens with zero attached hydrogens (tertiary/aromatic N) is 2. The van der Waals surface area contributed by atoms with Gasteiger partial charge in [-0.05, 0) is 24.6 Å². The first kappa shape index (κ1) is 14.8. The quantitative estimate of drug-likeness (QED) is 0.543. The number of fused-ring (bicyclic) bond motifs is 3. The van der Waals surface area contributed by atoms with E-state index in [0.29, 0.717) is 11.3 Å². The Morgan fingerprint density at radius 1 is 1.08 bits per heavy atom. The molecule has 122 valence electrons. The van der Waals surface area contributed by atoms with Gasteiger partial charge in [-0.3, -0.25) is 14.0 Å². The van der Waals surface area contributed by atoms with Crippen LogP contribution in [0, 0.1) is 0 Å². The third-order valence-electron chi connectivity index (χ3n) is 4.62. The number of aromatic nitrogens is 2. The molecule has 0 unspecified atom stereocenters. The number of pyridine rings is 2. The van der Waals surface area contributed by atoms with Gasteiger partial charge in [-0.25, -0.2) is 0 Å². The molecule has 0 fully saturated rings. The van der Waals surface area contributed by atoms with Gasteiger partial charge in [0.2, 0.25) is 5.43 Å². The molecule has 4 rings (SSSR count). The van der Waals surface area contributed by atoms with Gasteiger partial charge in [0.1, 0.15) is 5.75 Å². The van der Waals surface area contributed by atoms with Gasteiger partial charge in [0.15, 0.2) is 0 Å². The van der Waals surface area contributed by atoms with E-state index in [1.165, 1.54) is 10.5 Å². The second kappa shape index (κ2) is 5.37. The van der Waals surface area contributed by atoms with E-state index in [2.05, 4.69) is 11.5 Å². The van der Waals surface area contributed by atoms with E-state index in [1.807, 2.05) is 30.5 Å². The number of ether oxygens (including phenoxy) is 1. The maximum Gasteiger partial charge on any atom is 0.303 e. The predicted molar refractivity (Wildman–Crippen MR) is 94.7 cm³/mol. The predicted octanol–water partition coefficient (Wildman–Crippen LogP) is 2.97. The highest BCUT2D eigenvalue weighted by atomic mass is 16.5. The molecular weight excluding hydrogens is 304 g/mol. The molecule has 2 aliphatic rings. The standard InChI is InChI=1S/C19H18N2O3/c1-3-4-8-20-9-7-14-13-6-5-12(24-2)10-15(13)21-18(14)16(20)11-17(22)19(21)23/h5-7,9-11H,3-4,8H2,1-2H3. The van der Waals surface area contributed by atoms with E-state index >= 15 is 0 Å². The van der Waals surface area contributed by atoms with Gasteiger partial charge < -0.3 is 9.30 Å². The fourth-order valence-electron chi connectivity index (χ4n) is 3.40. The maximum absolute atomic E-state index is 12.5. The Balaban J connectivity index is 2.18. The van der Waals surface area contributed by atoms with Crippen LogP contribution in [0.2, 0.25) is 0 Å². The number of methoxy groups -OCH3 is 1. The second-order valence-electron chi connectivity index (χ2n) is 6.04. The van der Waals surface area contributed by atoms with Crippen molar-refractivity contribution >= 4 is 16.3 Å². The monoisotopic (exact) mass is 322 g/mol. The molecular formula is C19H18N2O3. The fraction of sp³-hybridized carbons (Fsp3) is 0.263. The Hall–Kier alpha value is -2.82. The van der Waals surface area contributed by atoms with Crippen molar-refractivity contribution in [3.8, 4) is 17.1 Å². The molecule has 2 aromatic rings. The second-order valence-corrected chi connectivity index (χ2v) is 6.04. The van der Waals surface area contributed by atoms with Crippen LogP contribution in [0.4, 0.5) is 0 Å². The minimum absolute atomic E-state index is 0.486. The average molecular weight is 322 g/mol. The number of aryl methyl sites for hydroxylation is 1. The van der Waals surface area contributed by atoms with Gasteiger partial charge in [-0.1, -0.05) is 13.3 Å². The molecule has 0 radical (unpaired) electrons. The summed E-state index contributed by atoms with van der Waals surface area (Å²) in [6.45, 7) is 2.96. The van der Waals surface area contributed by atoms with Crippen molar-refractivity contribution in [1.29, 1.82) is 0 Å². The number of hydrogen-bond acceptors (Lipinski definition) is 3. The maximum atomic E-state index is 12.5.